The third kappa shape index (κ3) is 4.66. The van der Waals surface area contributed by atoms with Crippen molar-refractivity contribution in [3.63, 3.8) is 0 Å². The van der Waals surface area contributed by atoms with E-state index in [1.807, 2.05) is 0 Å². The van der Waals surface area contributed by atoms with E-state index >= 15 is 0 Å². The van der Waals surface area contributed by atoms with Crippen LogP contribution in [0.25, 0.3) is 0 Å². The normalized spacial score (nSPS) is 12.5. The summed E-state index contributed by atoms with van der Waals surface area (Å²) in [6.45, 7) is 1.61. The van der Waals surface area contributed by atoms with Crippen LogP contribution < -0.4 is 17.2 Å². The second-order valence-corrected chi connectivity index (χ2v) is 5.25. The number of hydrogen-bond acceptors (Lipinski definition) is 6. The molecule has 1 rings (SSSR count). The largest absolute Gasteiger partial charge is 0.482 e. The Hall–Kier alpha value is -2.22. The lowest BCUT2D eigenvalue weighted by Gasteiger charge is -2.19. The van der Waals surface area contributed by atoms with Crippen molar-refractivity contribution in [3.05, 3.63) is 57.4 Å². The summed E-state index contributed by atoms with van der Waals surface area (Å²) < 4.78 is 24.0. The van der Waals surface area contributed by atoms with Crippen molar-refractivity contribution in [2.75, 3.05) is 7.11 Å². The number of allylic oxidation sites excluding steroid dienone is 1. The van der Waals surface area contributed by atoms with Gasteiger partial charge < -0.3 is 26.7 Å². The van der Waals surface area contributed by atoms with Gasteiger partial charge in [-0.1, -0.05) is 0 Å². The molecule has 0 aliphatic carbocycles. The Morgan fingerprint density at radius 2 is 2.00 bits per heavy atom. The van der Waals surface area contributed by atoms with Crippen LogP contribution in [0.5, 0.6) is 0 Å². The van der Waals surface area contributed by atoms with E-state index in [0.717, 1.165) is 6.07 Å². The zero-order valence-corrected chi connectivity index (χ0v) is 13.7. The highest BCUT2D eigenvalue weighted by Crippen LogP contribution is 2.26. The van der Waals surface area contributed by atoms with Gasteiger partial charge >= 0.3 is 5.97 Å². The lowest BCUT2D eigenvalue weighted by atomic mass is 10.0. The van der Waals surface area contributed by atoms with Gasteiger partial charge in [-0.3, -0.25) is 0 Å². The highest BCUT2D eigenvalue weighted by atomic mass is 79.9. The fraction of sp³-hybridized carbons (Fsp3) is 0.214. The summed E-state index contributed by atoms with van der Waals surface area (Å²) in [6.07, 6.45) is 0.646. The Labute approximate surface area is 135 Å². The average Bonchev–Trinajstić information content (AvgIpc) is 2.44. The summed E-state index contributed by atoms with van der Waals surface area (Å²) in [5, 5.41) is 0. The number of carbonyl (C=O) groups excluding carboxylic acids is 1. The van der Waals surface area contributed by atoms with E-state index < -0.39 is 17.9 Å². The van der Waals surface area contributed by atoms with E-state index in [1.54, 1.807) is 6.92 Å². The first-order chi connectivity index (χ1) is 10.3. The van der Waals surface area contributed by atoms with Gasteiger partial charge in [-0.15, -0.1) is 0 Å². The first-order valence-electron chi connectivity index (χ1n) is 6.18. The summed E-state index contributed by atoms with van der Waals surface area (Å²) in [5.74, 6) is -1.13. The molecule has 6 nitrogen and oxygen atoms in total. The average molecular weight is 374 g/mol. The molecule has 0 bridgehead atoms. The van der Waals surface area contributed by atoms with E-state index in [-0.39, 0.29) is 21.7 Å². The van der Waals surface area contributed by atoms with Crippen LogP contribution in [0.1, 0.15) is 28.9 Å². The van der Waals surface area contributed by atoms with E-state index in [1.165, 1.54) is 25.3 Å². The van der Waals surface area contributed by atoms with E-state index in [4.69, 9.17) is 21.9 Å². The molecular weight excluding hydrogens is 357 g/mol. The Morgan fingerprint density at radius 3 is 2.50 bits per heavy atom. The van der Waals surface area contributed by atoms with Crippen molar-refractivity contribution in [1.29, 1.82) is 0 Å². The van der Waals surface area contributed by atoms with Gasteiger partial charge in [-0.05, 0) is 41.1 Å². The highest BCUT2D eigenvalue weighted by Gasteiger charge is 2.20. The fourth-order valence-electron chi connectivity index (χ4n) is 1.73. The Bertz CT molecular complexity index is 624. The lowest BCUT2D eigenvalue weighted by Crippen LogP contribution is -2.16. The molecule has 1 aromatic rings. The maximum absolute atomic E-state index is 13.5. The summed E-state index contributed by atoms with van der Waals surface area (Å²) >= 11 is 3.03. The summed E-state index contributed by atoms with van der Waals surface area (Å²) in [4.78, 5) is 11.7. The molecule has 0 aromatic heterocycles. The summed E-state index contributed by atoms with van der Waals surface area (Å²) in [5.41, 5.74) is 17.0. The Balaban J connectivity index is 3.20. The van der Waals surface area contributed by atoms with Crippen LogP contribution in [0.4, 0.5) is 4.39 Å². The van der Waals surface area contributed by atoms with E-state index in [9.17, 15) is 9.18 Å². The molecule has 1 unspecified atom stereocenters. The van der Waals surface area contributed by atoms with Gasteiger partial charge in [0.2, 0.25) is 0 Å². The van der Waals surface area contributed by atoms with Crippen LogP contribution in [0, 0.1) is 5.82 Å². The van der Waals surface area contributed by atoms with Crippen LogP contribution in [0.15, 0.2) is 40.5 Å². The number of hydrogen-bond donors (Lipinski definition) is 3. The number of ether oxygens (including phenoxy) is 2. The van der Waals surface area contributed by atoms with Crippen LogP contribution in [0.2, 0.25) is 0 Å². The van der Waals surface area contributed by atoms with Crippen LogP contribution in [-0.4, -0.2) is 13.1 Å². The van der Waals surface area contributed by atoms with Gasteiger partial charge in [0.1, 0.15) is 17.7 Å². The van der Waals surface area contributed by atoms with Crippen molar-refractivity contribution in [2.24, 2.45) is 17.2 Å². The van der Waals surface area contributed by atoms with Gasteiger partial charge in [-0.2, -0.15) is 0 Å². The standard InChI is InChI=1S/C14H17BrFN3O3/c1-7(22-11(13(18)19)6-12(15)17)10-5-8(16)3-4-9(10)14(20)21-2/h3-7H,17-19H2,1-2H3/b12-6-. The monoisotopic (exact) mass is 373 g/mol. The number of esters is 1. The molecule has 0 heterocycles. The Kier molecular flexibility index (Phi) is 6.24. The zero-order valence-electron chi connectivity index (χ0n) is 12.1. The van der Waals surface area contributed by atoms with Crippen LogP contribution in [0.3, 0.4) is 0 Å². The molecule has 0 fully saturated rings. The molecule has 0 aliphatic heterocycles. The minimum absolute atomic E-state index is 0.0990. The predicted molar refractivity (Wildman–Crippen MR) is 83.8 cm³/mol. The molecule has 0 saturated carbocycles. The molecule has 120 valence electrons. The number of rotatable bonds is 5. The molecule has 0 amide bonds. The molecule has 8 heteroatoms. The zero-order chi connectivity index (χ0) is 16.9. The van der Waals surface area contributed by atoms with Crippen molar-refractivity contribution in [1.82, 2.24) is 0 Å². The second-order valence-electron chi connectivity index (χ2n) is 4.33. The minimum atomic E-state index is -0.718. The number of benzene rings is 1. The molecule has 0 spiro atoms. The van der Waals surface area contributed by atoms with Crippen molar-refractivity contribution in [2.45, 2.75) is 13.0 Å². The number of methoxy groups -OCH3 is 1. The predicted octanol–water partition coefficient (Wildman–Crippen LogP) is 1.97. The molecular formula is C14H17BrFN3O3. The molecule has 1 atom stereocenters. The Morgan fingerprint density at radius 1 is 1.36 bits per heavy atom. The smallest absolute Gasteiger partial charge is 0.338 e. The lowest BCUT2D eigenvalue weighted by molar-refractivity contribution is 0.0591. The SMILES string of the molecule is COC(=O)c1ccc(F)cc1C(C)OC(/C=C(\N)Br)=C(N)N. The fourth-order valence-corrected chi connectivity index (χ4v) is 1.94. The van der Waals surface area contributed by atoms with Crippen LogP contribution >= 0.6 is 15.9 Å². The van der Waals surface area contributed by atoms with Crippen molar-refractivity contribution >= 4 is 21.9 Å². The van der Waals surface area contributed by atoms with E-state index in [0.29, 0.717) is 5.56 Å². The first kappa shape index (κ1) is 17.8. The molecule has 0 aliphatic rings. The first-order valence-corrected chi connectivity index (χ1v) is 6.97. The summed E-state index contributed by atoms with van der Waals surface area (Å²) in [7, 11) is 1.23. The second kappa shape index (κ2) is 7.69. The quantitative estimate of drug-likeness (QED) is 0.314. The number of carbonyl (C=O) groups is 1. The van der Waals surface area contributed by atoms with Gasteiger partial charge in [-0.25, -0.2) is 9.18 Å². The van der Waals surface area contributed by atoms with Gasteiger partial charge in [0.25, 0.3) is 0 Å². The molecule has 0 saturated heterocycles. The van der Waals surface area contributed by atoms with Gasteiger partial charge in [0.15, 0.2) is 5.76 Å². The van der Waals surface area contributed by atoms with Crippen LogP contribution in [-0.2, 0) is 9.47 Å². The highest BCUT2D eigenvalue weighted by molar-refractivity contribution is 9.11. The minimum Gasteiger partial charge on any atom is -0.482 e. The summed E-state index contributed by atoms with van der Waals surface area (Å²) in [6, 6.07) is 3.66. The molecule has 6 N–H and O–H groups in total. The van der Waals surface area contributed by atoms with Crippen molar-refractivity contribution in [3.8, 4) is 0 Å². The molecule has 22 heavy (non-hydrogen) atoms. The maximum Gasteiger partial charge on any atom is 0.338 e. The third-order valence-electron chi connectivity index (χ3n) is 2.71. The van der Waals surface area contributed by atoms with E-state index in [2.05, 4.69) is 20.7 Å². The van der Waals surface area contributed by atoms with Gasteiger partial charge in [0, 0.05) is 11.6 Å². The molecule has 0 radical (unpaired) electrons. The van der Waals surface area contributed by atoms with Gasteiger partial charge in [0.05, 0.1) is 17.3 Å². The number of nitrogens with two attached hydrogens (primary N) is 3. The molecule has 1 aromatic carbocycles. The maximum atomic E-state index is 13.5. The van der Waals surface area contributed by atoms with Crippen molar-refractivity contribution < 1.29 is 18.7 Å². The third-order valence-corrected chi connectivity index (χ3v) is 2.94. The number of halogens is 2. The topological polar surface area (TPSA) is 114 Å².